The number of aryl methyl sites for hydroxylation is 1. The van der Waals surface area contributed by atoms with E-state index < -0.39 is 17.7 Å². The molecule has 0 unspecified atom stereocenters. The van der Waals surface area contributed by atoms with Gasteiger partial charge >= 0.3 is 6.18 Å². The molecule has 1 aliphatic rings. The van der Waals surface area contributed by atoms with E-state index in [1.165, 1.54) is 17.7 Å². The van der Waals surface area contributed by atoms with Gasteiger partial charge in [0, 0.05) is 62.2 Å². The van der Waals surface area contributed by atoms with E-state index in [0.717, 1.165) is 54.2 Å². The number of aromatic amines is 1. The van der Waals surface area contributed by atoms with E-state index in [-0.39, 0.29) is 12.3 Å². The van der Waals surface area contributed by atoms with Crippen LogP contribution in [0.3, 0.4) is 0 Å². The van der Waals surface area contributed by atoms with Crippen molar-refractivity contribution in [1.29, 1.82) is 0 Å². The highest BCUT2D eigenvalue weighted by molar-refractivity contribution is 5.88. The van der Waals surface area contributed by atoms with E-state index in [1.54, 1.807) is 6.07 Å². The number of amides is 1. The predicted molar refractivity (Wildman–Crippen MR) is 144 cm³/mol. The first-order chi connectivity index (χ1) is 18.3. The molecule has 198 valence electrons. The van der Waals surface area contributed by atoms with Crippen LogP contribution < -0.4 is 0 Å². The van der Waals surface area contributed by atoms with Gasteiger partial charge in [0.15, 0.2) is 0 Å². The number of nitrogens with one attached hydrogen (secondary N) is 1. The second kappa shape index (κ2) is 11.0. The fourth-order valence-corrected chi connectivity index (χ4v) is 5.46. The number of halogens is 3. The van der Waals surface area contributed by atoms with E-state index in [9.17, 15) is 18.0 Å². The summed E-state index contributed by atoms with van der Waals surface area (Å²) < 4.78 is 40.8. The summed E-state index contributed by atoms with van der Waals surface area (Å²) in [5, 5.41) is 0.951. The third-order valence-corrected chi connectivity index (χ3v) is 7.56. The minimum atomic E-state index is -4.45. The molecule has 4 aromatic rings. The second-order valence-corrected chi connectivity index (χ2v) is 9.96. The van der Waals surface area contributed by atoms with Crippen molar-refractivity contribution in [3.05, 3.63) is 107 Å². The number of nitrogens with zero attached hydrogens (tertiary/aromatic N) is 2. The van der Waals surface area contributed by atoms with Crippen LogP contribution in [0.1, 0.15) is 47.1 Å². The van der Waals surface area contributed by atoms with Crippen LogP contribution in [-0.4, -0.2) is 46.9 Å². The van der Waals surface area contributed by atoms with Gasteiger partial charge in [-0.1, -0.05) is 73.7 Å². The molecule has 5 rings (SSSR count). The first-order valence-corrected chi connectivity index (χ1v) is 13.1. The number of rotatable bonds is 7. The Morgan fingerprint density at radius 3 is 2.39 bits per heavy atom. The van der Waals surface area contributed by atoms with Crippen LogP contribution in [0.5, 0.6) is 0 Å². The highest BCUT2D eigenvalue weighted by Crippen LogP contribution is 2.38. The summed E-state index contributed by atoms with van der Waals surface area (Å²) in [6.07, 6.45) is -1.64. The van der Waals surface area contributed by atoms with Gasteiger partial charge in [-0.05, 0) is 34.7 Å². The van der Waals surface area contributed by atoms with Crippen LogP contribution in [0.25, 0.3) is 10.9 Å². The van der Waals surface area contributed by atoms with Gasteiger partial charge in [0.25, 0.3) is 0 Å². The molecule has 4 nitrogen and oxygen atoms in total. The number of hydrogen-bond donors (Lipinski definition) is 1. The molecule has 38 heavy (non-hydrogen) atoms. The van der Waals surface area contributed by atoms with E-state index in [4.69, 9.17) is 0 Å². The molecule has 1 fully saturated rings. The number of H-pyrrole nitrogens is 1. The molecule has 1 N–H and O–H groups in total. The van der Waals surface area contributed by atoms with Crippen molar-refractivity contribution in [3.63, 3.8) is 0 Å². The minimum Gasteiger partial charge on any atom is -0.361 e. The Morgan fingerprint density at radius 2 is 1.68 bits per heavy atom. The Morgan fingerprint density at radius 1 is 0.947 bits per heavy atom. The Labute approximate surface area is 221 Å². The maximum absolute atomic E-state index is 13.6. The molecule has 0 saturated carbocycles. The number of carbonyl (C=O) groups excluding carboxylic acids is 1. The largest absolute Gasteiger partial charge is 0.416 e. The van der Waals surface area contributed by atoms with Crippen molar-refractivity contribution in [2.45, 2.75) is 38.4 Å². The van der Waals surface area contributed by atoms with E-state index in [0.29, 0.717) is 18.7 Å². The monoisotopic (exact) mass is 519 g/mol. The van der Waals surface area contributed by atoms with Gasteiger partial charge in [-0.3, -0.25) is 9.69 Å². The Balaban J connectivity index is 1.39. The van der Waals surface area contributed by atoms with Gasteiger partial charge in [0.05, 0.1) is 5.56 Å². The van der Waals surface area contributed by atoms with Crippen LogP contribution in [0.15, 0.2) is 79.0 Å². The summed E-state index contributed by atoms with van der Waals surface area (Å²) >= 11 is 0. The number of carbonyl (C=O) groups is 1. The summed E-state index contributed by atoms with van der Waals surface area (Å²) in [6.45, 7) is 5.65. The Hall–Kier alpha value is -3.58. The van der Waals surface area contributed by atoms with Crippen LogP contribution in [-0.2, 0) is 23.9 Å². The molecule has 0 bridgehead atoms. The molecule has 2 heterocycles. The van der Waals surface area contributed by atoms with Crippen LogP contribution in [0, 0.1) is 0 Å². The molecular weight excluding hydrogens is 487 g/mol. The zero-order chi connectivity index (χ0) is 26.7. The molecule has 7 heteroatoms. The lowest BCUT2D eigenvalue weighted by molar-refractivity contribution is -0.137. The SMILES string of the molecule is CCc1cccc2c([C@H](CC(=O)N3CCN(Cc4ccccc4)CC3)c3cccc(C(F)(F)F)c3)c[nH]c12. The molecular formula is C31H32F3N3O. The lowest BCUT2D eigenvalue weighted by atomic mass is 9.86. The van der Waals surface area contributed by atoms with Crippen molar-refractivity contribution in [3.8, 4) is 0 Å². The summed E-state index contributed by atoms with van der Waals surface area (Å²) in [5.74, 6) is -0.527. The molecule has 0 radical (unpaired) electrons. The highest BCUT2D eigenvalue weighted by Gasteiger charge is 2.32. The summed E-state index contributed by atoms with van der Waals surface area (Å²) in [4.78, 5) is 21.1. The molecule has 1 saturated heterocycles. The standard InChI is InChI=1S/C31H32F3N3O/c1-2-23-10-7-13-26-28(20-35-30(23)26)27(24-11-6-12-25(18-24)31(32,33)34)19-29(38)37-16-14-36(15-17-37)21-22-8-4-3-5-9-22/h3-13,18,20,27,35H,2,14-17,19,21H2,1H3/t27-/m1/s1. The maximum atomic E-state index is 13.6. The van der Waals surface area contributed by atoms with E-state index >= 15 is 0 Å². The minimum absolute atomic E-state index is 0.0345. The first kappa shape index (κ1) is 26.0. The Bertz CT molecular complexity index is 1390. The number of fused-ring (bicyclic) bond motifs is 1. The number of benzene rings is 3. The van der Waals surface area contributed by atoms with E-state index in [1.807, 2.05) is 47.5 Å². The third kappa shape index (κ3) is 5.63. The Kier molecular flexibility index (Phi) is 7.56. The summed E-state index contributed by atoms with van der Waals surface area (Å²) in [7, 11) is 0. The molecule has 0 spiro atoms. The predicted octanol–water partition coefficient (Wildman–Crippen LogP) is 6.62. The fraction of sp³-hybridized carbons (Fsp3) is 0.323. The van der Waals surface area contributed by atoms with Gasteiger partial charge in [-0.2, -0.15) is 13.2 Å². The molecule has 0 aliphatic carbocycles. The van der Waals surface area contributed by atoms with Crippen molar-refractivity contribution < 1.29 is 18.0 Å². The molecule has 1 amide bonds. The zero-order valence-electron chi connectivity index (χ0n) is 21.5. The van der Waals surface area contributed by atoms with Crippen molar-refractivity contribution in [2.75, 3.05) is 26.2 Å². The quantitative estimate of drug-likeness (QED) is 0.298. The third-order valence-electron chi connectivity index (χ3n) is 7.56. The van der Waals surface area contributed by atoms with Gasteiger partial charge < -0.3 is 9.88 Å². The maximum Gasteiger partial charge on any atom is 0.416 e. The highest BCUT2D eigenvalue weighted by atomic mass is 19.4. The fourth-order valence-electron chi connectivity index (χ4n) is 5.46. The molecule has 3 aromatic carbocycles. The molecule has 1 atom stereocenters. The number of aromatic nitrogens is 1. The topological polar surface area (TPSA) is 39.3 Å². The average molecular weight is 520 g/mol. The first-order valence-electron chi connectivity index (χ1n) is 13.1. The molecule has 1 aliphatic heterocycles. The van der Waals surface area contributed by atoms with Gasteiger partial charge in [-0.25, -0.2) is 0 Å². The van der Waals surface area contributed by atoms with Crippen molar-refractivity contribution >= 4 is 16.8 Å². The lowest BCUT2D eigenvalue weighted by Crippen LogP contribution is -2.48. The molecule has 1 aromatic heterocycles. The van der Waals surface area contributed by atoms with Gasteiger partial charge in [0.1, 0.15) is 0 Å². The lowest BCUT2D eigenvalue weighted by Gasteiger charge is -2.35. The van der Waals surface area contributed by atoms with Crippen molar-refractivity contribution in [2.24, 2.45) is 0 Å². The normalized spacial score (nSPS) is 15.6. The van der Waals surface area contributed by atoms with Crippen LogP contribution >= 0.6 is 0 Å². The van der Waals surface area contributed by atoms with E-state index in [2.05, 4.69) is 28.9 Å². The van der Waals surface area contributed by atoms with Crippen LogP contribution in [0.2, 0.25) is 0 Å². The summed E-state index contributed by atoms with van der Waals surface area (Å²) in [5.41, 5.74) is 4.00. The van der Waals surface area contributed by atoms with Gasteiger partial charge in [0.2, 0.25) is 5.91 Å². The number of alkyl halides is 3. The number of hydrogen-bond acceptors (Lipinski definition) is 2. The van der Waals surface area contributed by atoms with Gasteiger partial charge in [-0.15, -0.1) is 0 Å². The number of para-hydroxylation sites is 1. The number of piperazine rings is 1. The smallest absolute Gasteiger partial charge is 0.361 e. The zero-order valence-corrected chi connectivity index (χ0v) is 21.5. The second-order valence-electron chi connectivity index (χ2n) is 9.96. The van der Waals surface area contributed by atoms with Crippen LogP contribution in [0.4, 0.5) is 13.2 Å². The summed E-state index contributed by atoms with van der Waals surface area (Å²) in [6, 6.07) is 21.6. The van der Waals surface area contributed by atoms with Crippen molar-refractivity contribution in [1.82, 2.24) is 14.8 Å². The average Bonchev–Trinajstić information content (AvgIpc) is 3.36.